The lowest BCUT2D eigenvalue weighted by Crippen LogP contribution is -2.23. The Labute approximate surface area is 211 Å². The number of fused-ring (bicyclic) bond motifs is 1. The lowest BCUT2D eigenvalue weighted by atomic mass is 9.90. The highest BCUT2D eigenvalue weighted by Crippen LogP contribution is 2.44. The number of carboxylic acids is 1. The minimum Gasteiger partial charge on any atom is -0.481 e. The molecule has 3 aromatic rings. The molecule has 0 atom stereocenters. The first-order valence-corrected chi connectivity index (χ1v) is 12.6. The molecule has 0 unspecified atom stereocenters. The maximum absolute atomic E-state index is 12.3. The van der Waals surface area contributed by atoms with Crippen LogP contribution in [0.5, 0.6) is 0 Å². The van der Waals surface area contributed by atoms with Gasteiger partial charge in [0.25, 0.3) is 5.56 Å². The van der Waals surface area contributed by atoms with Crippen molar-refractivity contribution in [1.82, 2.24) is 10.2 Å². The fourth-order valence-corrected chi connectivity index (χ4v) is 4.35. The van der Waals surface area contributed by atoms with E-state index in [-0.39, 0.29) is 16.9 Å². The molecule has 2 aliphatic carbocycles. The number of amides is 1. The van der Waals surface area contributed by atoms with Crippen LogP contribution < -0.4 is 10.9 Å². The number of aromatic nitrogens is 2. The number of carboxylic acid groups (broad SMARTS) is 1. The van der Waals surface area contributed by atoms with Crippen molar-refractivity contribution in [1.29, 1.82) is 0 Å². The summed E-state index contributed by atoms with van der Waals surface area (Å²) in [6, 6.07) is 17.9. The van der Waals surface area contributed by atoms with Gasteiger partial charge in [-0.15, -0.1) is 0 Å². The predicted octanol–water partition coefficient (Wildman–Crippen LogP) is 4.68. The van der Waals surface area contributed by atoms with E-state index in [1.165, 1.54) is 0 Å². The number of anilines is 1. The number of aliphatic carboxylic acids is 1. The molecular formula is C29H33N3O4. The van der Waals surface area contributed by atoms with E-state index in [0.29, 0.717) is 12.8 Å². The van der Waals surface area contributed by atoms with E-state index in [2.05, 4.69) is 15.5 Å². The quantitative estimate of drug-likeness (QED) is 0.448. The number of aryl methyl sites for hydroxylation is 1. The van der Waals surface area contributed by atoms with Crippen molar-refractivity contribution < 1.29 is 14.7 Å². The van der Waals surface area contributed by atoms with Gasteiger partial charge < -0.3 is 10.4 Å². The molecule has 0 saturated heterocycles. The molecule has 36 heavy (non-hydrogen) atoms. The molecule has 0 spiro atoms. The zero-order chi connectivity index (χ0) is 25.5. The van der Waals surface area contributed by atoms with Gasteiger partial charge in [-0.25, -0.2) is 5.10 Å². The third-order valence-corrected chi connectivity index (χ3v) is 6.96. The van der Waals surface area contributed by atoms with E-state index in [9.17, 15) is 14.4 Å². The van der Waals surface area contributed by atoms with Gasteiger partial charge in [0.15, 0.2) is 0 Å². The van der Waals surface area contributed by atoms with Crippen molar-refractivity contribution in [2.75, 3.05) is 5.32 Å². The molecule has 0 bridgehead atoms. The van der Waals surface area contributed by atoms with Crippen molar-refractivity contribution in [3.63, 3.8) is 0 Å². The first kappa shape index (κ1) is 25.4. The summed E-state index contributed by atoms with van der Waals surface area (Å²) in [5.74, 6) is -0.641. The molecule has 3 N–H and O–H groups in total. The fourth-order valence-electron chi connectivity index (χ4n) is 4.35. The molecule has 1 saturated carbocycles. The number of nitrogens with one attached hydrogen (secondary N) is 2. The van der Waals surface area contributed by atoms with Gasteiger partial charge in [-0.1, -0.05) is 42.5 Å². The van der Waals surface area contributed by atoms with Gasteiger partial charge >= 0.3 is 5.97 Å². The Balaban J connectivity index is 0.000000375. The number of rotatable bonds is 7. The number of H-pyrrole nitrogens is 1. The molecule has 7 heteroatoms. The molecule has 2 aromatic carbocycles. The van der Waals surface area contributed by atoms with E-state index in [1.807, 2.05) is 54.6 Å². The largest absolute Gasteiger partial charge is 0.481 e. The van der Waals surface area contributed by atoms with Crippen LogP contribution in [-0.2, 0) is 35.3 Å². The first-order valence-electron chi connectivity index (χ1n) is 12.6. The molecule has 0 radical (unpaired) electrons. The van der Waals surface area contributed by atoms with Crippen LogP contribution in [-0.4, -0.2) is 27.2 Å². The smallest absolute Gasteiger partial charge is 0.309 e. The highest BCUT2D eigenvalue weighted by molar-refractivity contribution is 5.90. The summed E-state index contributed by atoms with van der Waals surface area (Å²) in [5, 5.41) is 18.3. The minimum atomic E-state index is -0.646. The number of carbonyl (C=O) groups excluding carboxylic acids is 1. The van der Waals surface area contributed by atoms with Crippen LogP contribution >= 0.6 is 0 Å². The molecule has 1 amide bonds. The summed E-state index contributed by atoms with van der Waals surface area (Å²) >= 11 is 0. The average Bonchev–Trinajstić information content (AvgIpc) is 3.65. The van der Waals surface area contributed by atoms with Crippen LogP contribution in [0.2, 0.25) is 0 Å². The Morgan fingerprint density at radius 2 is 1.69 bits per heavy atom. The Bertz CT molecular complexity index is 1280. The van der Waals surface area contributed by atoms with Gasteiger partial charge in [0, 0.05) is 24.1 Å². The summed E-state index contributed by atoms with van der Waals surface area (Å²) in [6.45, 7) is 1.77. The van der Waals surface area contributed by atoms with Gasteiger partial charge in [-0.2, -0.15) is 5.10 Å². The summed E-state index contributed by atoms with van der Waals surface area (Å²) in [5.41, 5.74) is 5.57. The lowest BCUT2D eigenvalue weighted by molar-refractivity contribution is -0.142. The SMILES string of the molecule is CC1(C(=O)O)CC1.O=C(CCc1ccccc1)Nc1cccc(Cc2n[nH]c(=O)c3c2CCCC3)c1. The number of nitrogens with zero attached hydrogens (tertiary/aromatic N) is 1. The van der Waals surface area contributed by atoms with Crippen LogP contribution in [0.25, 0.3) is 0 Å². The number of aromatic amines is 1. The Morgan fingerprint density at radius 1 is 1.00 bits per heavy atom. The first-order chi connectivity index (χ1) is 17.3. The second-order valence-corrected chi connectivity index (χ2v) is 9.94. The zero-order valence-corrected chi connectivity index (χ0v) is 20.7. The van der Waals surface area contributed by atoms with Crippen LogP contribution in [0.15, 0.2) is 59.4 Å². The van der Waals surface area contributed by atoms with Gasteiger partial charge in [-0.05, 0) is 80.7 Å². The van der Waals surface area contributed by atoms with Crippen molar-refractivity contribution >= 4 is 17.6 Å². The number of carbonyl (C=O) groups is 2. The number of hydrogen-bond acceptors (Lipinski definition) is 4. The van der Waals surface area contributed by atoms with Crippen LogP contribution in [0.1, 0.15) is 67.0 Å². The van der Waals surface area contributed by atoms with E-state index >= 15 is 0 Å². The lowest BCUT2D eigenvalue weighted by Gasteiger charge is -2.17. The maximum atomic E-state index is 12.3. The molecule has 188 valence electrons. The predicted molar refractivity (Wildman–Crippen MR) is 139 cm³/mol. The van der Waals surface area contributed by atoms with E-state index in [4.69, 9.17) is 5.11 Å². The van der Waals surface area contributed by atoms with E-state index in [1.54, 1.807) is 6.92 Å². The topological polar surface area (TPSA) is 112 Å². The molecule has 7 nitrogen and oxygen atoms in total. The molecule has 1 heterocycles. The molecule has 0 aliphatic heterocycles. The van der Waals surface area contributed by atoms with Gasteiger partial charge in [0.05, 0.1) is 11.1 Å². The van der Waals surface area contributed by atoms with Crippen molar-refractivity contribution in [2.24, 2.45) is 5.41 Å². The second-order valence-electron chi connectivity index (χ2n) is 9.94. The summed E-state index contributed by atoms with van der Waals surface area (Å²) in [6.07, 6.45) is 7.45. The average molecular weight is 488 g/mol. The van der Waals surface area contributed by atoms with Gasteiger partial charge in [0.1, 0.15) is 0 Å². The summed E-state index contributed by atoms with van der Waals surface area (Å²) < 4.78 is 0. The van der Waals surface area contributed by atoms with Crippen LogP contribution in [0, 0.1) is 5.41 Å². The van der Waals surface area contributed by atoms with Crippen LogP contribution in [0.4, 0.5) is 5.69 Å². The highest BCUT2D eigenvalue weighted by atomic mass is 16.4. The van der Waals surface area contributed by atoms with Gasteiger partial charge in [-0.3, -0.25) is 14.4 Å². The molecule has 2 aliphatic rings. The third kappa shape index (κ3) is 6.68. The maximum Gasteiger partial charge on any atom is 0.309 e. The highest BCUT2D eigenvalue weighted by Gasteiger charge is 2.44. The van der Waals surface area contributed by atoms with Crippen molar-refractivity contribution in [2.45, 2.75) is 64.7 Å². The molecule has 1 fully saturated rings. The summed E-state index contributed by atoms with van der Waals surface area (Å²) in [4.78, 5) is 34.4. The minimum absolute atomic E-state index is 0.00514. The van der Waals surface area contributed by atoms with Crippen LogP contribution in [0.3, 0.4) is 0 Å². The number of hydrogen-bond donors (Lipinski definition) is 3. The monoisotopic (exact) mass is 487 g/mol. The summed E-state index contributed by atoms with van der Waals surface area (Å²) in [7, 11) is 0. The zero-order valence-electron chi connectivity index (χ0n) is 20.7. The van der Waals surface area contributed by atoms with E-state index < -0.39 is 5.97 Å². The normalized spacial score (nSPS) is 15.1. The number of benzene rings is 2. The Hall–Kier alpha value is -3.74. The van der Waals surface area contributed by atoms with Crippen molar-refractivity contribution in [3.05, 3.63) is 92.9 Å². The standard InChI is InChI=1S/C24H25N3O2.C5H8O2/c28-23(14-13-17-7-2-1-3-8-17)25-19-10-6-9-18(15-19)16-22-20-11-4-5-12-21(20)24(29)27-26-22;1-5(2-3-5)4(6)7/h1-3,6-10,15H,4-5,11-14,16H2,(H,25,28)(H,27,29);2-3H2,1H3,(H,6,7). The Kier molecular flexibility index (Phi) is 7.98. The van der Waals surface area contributed by atoms with Gasteiger partial charge in [0.2, 0.25) is 5.91 Å². The van der Waals surface area contributed by atoms with E-state index in [0.717, 1.165) is 78.6 Å². The fraction of sp³-hybridized carbons (Fsp3) is 0.379. The molecule has 5 rings (SSSR count). The Morgan fingerprint density at radius 3 is 2.36 bits per heavy atom. The third-order valence-electron chi connectivity index (χ3n) is 6.96. The second kappa shape index (κ2) is 11.3. The van der Waals surface area contributed by atoms with Crippen molar-refractivity contribution in [3.8, 4) is 0 Å². The molecule has 1 aromatic heterocycles. The molecular weight excluding hydrogens is 454 g/mol.